The summed E-state index contributed by atoms with van der Waals surface area (Å²) in [5.41, 5.74) is 2.60. The fourth-order valence-corrected chi connectivity index (χ4v) is 3.20. The van der Waals surface area contributed by atoms with Gasteiger partial charge in [-0.05, 0) is 30.5 Å². The van der Waals surface area contributed by atoms with Crippen molar-refractivity contribution in [2.75, 3.05) is 18.4 Å². The Balaban J connectivity index is 1.49. The monoisotopic (exact) mass is 325 g/mol. The third-order valence-corrected chi connectivity index (χ3v) is 4.45. The van der Waals surface area contributed by atoms with Gasteiger partial charge in [0.1, 0.15) is 0 Å². The van der Waals surface area contributed by atoms with Crippen molar-refractivity contribution in [1.29, 1.82) is 0 Å². The maximum absolute atomic E-state index is 12.3. The molecule has 2 heterocycles. The fraction of sp³-hybridized carbons (Fsp3) is 0.368. The Morgan fingerprint density at radius 1 is 1.29 bits per heavy atom. The molecule has 1 aromatic heterocycles. The Morgan fingerprint density at radius 3 is 2.92 bits per heavy atom. The molecule has 1 atom stereocenters. The second-order valence-corrected chi connectivity index (χ2v) is 6.32. The minimum Gasteiger partial charge on any atom is -0.392 e. The van der Waals surface area contributed by atoms with Crippen molar-refractivity contribution in [2.24, 2.45) is 5.92 Å². The number of hydrogen-bond donors (Lipinski definition) is 2. The standard InChI is InChI=1S/C19H23N3O2/c23-14-17-6-8-20-11-18(17)21-19(24)10-16-7-9-22(13-16)12-15-4-2-1-3-5-15/h1-6,8,11,16,23H,7,9-10,12-14H2,(H,21,24)/t16-/m1/s1. The van der Waals surface area contributed by atoms with Gasteiger partial charge in [0, 0.05) is 31.3 Å². The molecule has 0 unspecified atom stereocenters. The van der Waals surface area contributed by atoms with E-state index >= 15 is 0 Å². The molecule has 1 aliphatic heterocycles. The van der Waals surface area contributed by atoms with Crippen LogP contribution in [0.2, 0.25) is 0 Å². The summed E-state index contributed by atoms with van der Waals surface area (Å²) >= 11 is 0. The second kappa shape index (κ2) is 8.04. The predicted molar refractivity (Wildman–Crippen MR) is 93.2 cm³/mol. The van der Waals surface area contributed by atoms with Crippen LogP contribution in [0.15, 0.2) is 48.8 Å². The van der Waals surface area contributed by atoms with Crippen LogP contribution < -0.4 is 5.32 Å². The smallest absolute Gasteiger partial charge is 0.224 e. The normalized spacial score (nSPS) is 17.8. The van der Waals surface area contributed by atoms with Crippen LogP contribution in [0, 0.1) is 5.92 Å². The van der Waals surface area contributed by atoms with Crippen LogP contribution in [0.3, 0.4) is 0 Å². The first-order chi connectivity index (χ1) is 11.7. The maximum atomic E-state index is 12.3. The highest BCUT2D eigenvalue weighted by atomic mass is 16.3. The minimum absolute atomic E-state index is 0.00994. The number of aromatic nitrogens is 1. The molecule has 2 N–H and O–H groups in total. The van der Waals surface area contributed by atoms with Gasteiger partial charge in [-0.3, -0.25) is 14.7 Å². The van der Waals surface area contributed by atoms with Gasteiger partial charge in [0.25, 0.3) is 0 Å². The Hall–Kier alpha value is -2.24. The van der Waals surface area contributed by atoms with Crippen molar-refractivity contribution in [3.8, 4) is 0 Å². The van der Waals surface area contributed by atoms with Crippen LogP contribution in [0.5, 0.6) is 0 Å². The first-order valence-electron chi connectivity index (χ1n) is 8.34. The lowest BCUT2D eigenvalue weighted by atomic mass is 10.0. The number of rotatable bonds is 6. The zero-order valence-corrected chi connectivity index (χ0v) is 13.7. The quantitative estimate of drug-likeness (QED) is 0.856. The van der Waals surface area contributed by atoms with E-state index in [9.17, 15) is 9.90 Å². The zero-order valence-electron chi connectivity index (χ0n) is 13.7. The van der Waals surface area contributed by atoms with Crippen molar-refractivity contribution in [3.63, 3.8) is 0 Å². The van der Waals surface area contributed by atoms with E-state index in [2.05, 4.69) is 39.5 Å². The number of aliphatic hydroxyl groups excluding tert-OH is 1. The molecular formula is C19H23N3O2. The molecule has 1 amide bonds. The SMILES string of the molecule is O=C(C[C@H]1CCN(Cc2ccccc2)C1)Nc1cnccc1CO. The summed E-state index contributed by atoms with van der Waals surface area (Å²) in [4.78, 5) is 18.7. The molecule has 0 aliphatic carbocycles. The molecule has 126 valence electrons. The molecule has 2 aromatic rings. The maximum Gasteiger partial charge on any atom is 0.224 e. The van der Waals surface area contributed by atoms with E-state index in [-0.39, 0.29) is 12.5 Å². The third kappa shape index (κ3) is 4.40. The van der Waals surface area contributed by atoms with Crippen LogP contribution in [-0.2, 0) is 17.9 Å². The van der Waals surface area contributed by atoms with E-state index in [0.717, 1.165) is 26.1 Å². The first kappa shape index (κ1) is 16.6. The largest absolute Gasteiger partial charge is 0.392 e. The van der Waals surface area contributed by atoms with Gasteiger partial charge < -0.3 is 10.4 Å². The van der Waals surface area contributed by atoms with Crippen molar-refractivity contribution in [1.82, 2.24) is 9.88 Å². The first-order valence-corrected chi connectivity index (χ1v) is 8.34. The minimum atomic E-state index is -0.105. The van der Waals surface area contributed by atoms with Crippen molar-refractivity contribution in [3.05, 3.63) is 59.9 Å². The Morgan fingerprint density at radius 2 is 2.12 bits per heavy atom. The van der Waals surface area contributed by atoms with E-state index in [1.54, 1.807) is 18.5 Å². The molecule has 0 saturated carbocycles. The summed E-state index contributed by atoms with van der Waals surface area (Å²) in [6.45, 7) is 2.81. The summed E-state index contributed by atoms with van der Waals surface area (Å²) in [5, 5.41) is 12.2. The lowest BCUT2D eigenvalue weighted by Crippen LogP contribution is -2.22. The van der Waals surface area contributed by atoms with Crippen LogP contribution in [0.1, 0.15) is 24.0 Å². The number of likely N-dealkylation sites (tertiary alicyclic amines) is 1. The van der Waals surface area contributed by atoms with Crippen molar-refractivity contribution in [2.45, 2.75) is 26.0 Å². The number of benzene rings is 1. The Kier molecular flexibility index (Phi) is 5.56. The molecule has 0 radical (unpaired) electrons. The number of amides is 1. The van der Waals surface area contributed by atoms with Gasteiger partial charge in [-0.15, -0.1) is 0 Å². The molecule has 24 heavy (non-hydrogen) atoms. The van der Waals surface area contributed by atoms with Gasteiger partial charge in [0.2, 0.25) is 5.91 Å². The molecule has 1 aliphatic rings. The average Bonchev–Trinajstić information content (AvgIpc) is 3.03. The van der Waals surface area contributed by atoms with E-state index in [4.69, 9.17) is 0 Å². The summed E-state index contributed by atoms with van der Waals surface area (Å²) in [5.74, 6) is 0.368. The second-order valence-electron chi connectivity index (χ2n) is 6.32. The number of pyridine rings is 1. The summed E-state index contributed by atoms with van der Waals surface area (Å²) in [7, 11) is 0. The number of anilines is 1. The number of hydrogen-bond acceptors (Lipinski definition) is 4. The molecule has 0 bridgehead atoms. The van der Waals surface area contributed by atoms with E-state index in [1.165, 1.54) is 5.56 Å². The number of nitrogens with one attached hydrogen (secondary N) is 1. The van der Waals surface area contributed by atoms with Crippen molar-refractivity contribution < 1.29 is 9.90 Å². The number of carbonyl (C=O) groups excluding carboxylic acids is 1. The molecule has 1 saturated heterocycles. The number of carbonyl (C=O) groups is 1. The summed E-state index contributed by atoms with van der Waals surface area (Å²) < 4.78 is 0. The molecule has 5 nitrogen and oxygen atoms in total. The molecular weight excluding hydrogens is 302 g/mol. The third-order valence-electron chi connectivity index (χ3n) is 4.45. The van der Waals surface area contributed by atoms with Crippen LogP contribution in [0.25, 0.3) is 0 Å². The Bertz CT molecular complexity index is 675. The van der Waals surface area contributed by atoms with Crippen LogP contribution in [0.4, 0.5) is 5.69 Å². The highest BCUT2D eigenvalue weighted by Crippen LogP contribution is 2.22. The molecule has 3 rings (SSSR count). The summed E-state index contributed by atoms with van der Waals surface area (Å²) in [6, 6.07) is 12.1. The van der Waals surface area contributed by atoms with Gasteiger partial charge in [-0.1, -0.05) is 30.3 Å². The molecule has 5 heteroatoms. The van der Waals surface area contributed by atoms with Gasteiger partial charge in [0.15, 0.2) is 0 Å². The lowest BCUT2D eigenvalue weighted by Gasteiger charge is -2.16. The topological polar surface area (TPSA) is 65.5 Å². The number of nitrogens with zero attached hydrogens (tertiary/aromatic N) is 2. The predicted octanol–water partition coefficient (Wildman–Crippen LogP) is 2.42. The van der Waals surface area contributed by atoms with Crippen LogP contribution >= 0.6 is 0 Å². The molecule has 1 fully saturated rings. The number of aliphatic hydroxyl groups is 1. The van der Waals surface area contributed by atoms with Gasteiger partial charge >= 0.3 is 0 Å². The van der Waals surface area contributed by atoms with Gasteiger partial charge in [0.05, 0.1) is 18.5 Å². The fourth-order valence-electron chi connectivity index (χ4n) is 3.20. The summed E-state index contributed by atoms with van der Waals surface area (Å²) in [6.07, 6.45) is 4.74. The van der Waals surface area contributed by atoms with E-state index in [0.29, 0.717) is 23.6 Å². The van der Waals surface area contributed by atoms with E-state index in [1.807, 2.05) is 6.07 Å². The van der Waals surface area contributed by atoms with Gasteiger partial charge in [-0.25, -0.2) is 0 Å². The van der Waals surface area contributed by atoms with Gasteiger partial charge in [-0.2, -0.15) is 0 Å². The highest BCUT2D eigenvalue weighted by molar-refractivity contribution is 5.91. The Labute approximate surface area is 142 Å². The van der Waals surface area contributed by atoms with Crippen LogP contribution in [-0.4, -0.2) is 34.0 Å². The highest BCUT2D eigenvalue weighted by Gasteiger charge is 2.24. The van der Waals surface area contributed by atoms with E-state index < -0.39 is 0 Å². The van der Waals surface area contributed by atoms with Crippen molar-refractivity contribution >= 4 is 11.6 Å². The average molecular weight is 325 g/mol. The lowest BCUT2D eigenvalue weighted by molar-refractivity contribution is -0.117. The molecule has 0 spiro atoms. The zero-order chi connectivity index (χ0) is 16.8. The molecule has 1 aromatic carbocycles.